The first kappa shape index (κ1) is 13.0. The van der Waals surface area contributed by atoms with E-state index in [9.17, 15) is 4.79 Å². The summed E-state index contributed by atoms with van der Waals surface area (Å²) < 4.78 is 0. The van der Waals surface area contributed by atoms with E-state index < -0.39 is 0 Å². The third kappa shape index (κ3) is 2.64. The van der Waals surface area contributed by atoms with Crippen molar-refractivity contribution in [2.24, 2.45) is 5.92 Å². The molecule has 4 heteroatoms. The zero-order valence-corrected chi connectivity index (χ0v) is 11.9. The van der Waals surface area contributed by atoms with Crippen LogP contribution < -0.4 is 5.73 Å². The average Bonchev–Trinajstić information content (AvgIpc) is 3.14. The van der Waals surface area contributed by atoms with Gasteiger partial charge in [-0.05, 0) is 49.4 Å². The van der Waals surface area contributed by atoms with Gasteiger partial charge < -0.3 is 15.6 Å². The molecule has 3 rings (SSSR count). The number of hydrogen-bond donors (Lipinski definition) is 2. The Morgan fingerprint density at radius 1 is 1.40 bits per heavy atom. The topological polar surface area (TPSA) is 62.1 Å². The Morgan fingerprint density at radius 2 is 2.20 bits per heavy atom. The highest BCUT2D eigenvalue weighted by Crippen LogP contribution is 2.30. The zero-order valence-electron chi connectivity index (χ0n) is 11.9. The lowest BCUT2D eigenvalue weighted by atomic mass is 10.2. The number of nitrogens with one attached hydrogen (secondary N) is 1. The number of carbonyl (C=O) groups is 1. The van der Waals surface area contributed by atoms with Crippen molar-refractivity contribution in [1.29, 1.82) is 0 Å². The van der Waals surface area contributed by atoms with Gasteiger partial charge in [0.25, 0.3) is 5.91 Å². The Bertz CT molecular complexity index is 628. The highest BCUT2D eigenvalue weighted by atomic mass is 16.2. The second-order valence-electron chi connectivity index (χ2n) is 5.72. The van der Waals surface area contributed by atoms with Gasteiger partial charge in [-0.25, -0.2) is 0 Å². The summed E-state index contributed by atoms with van der Waals surface area (Å²) in [7, 11) is 0. The molecule has 20 heavy (non-hydrogen) atoms. The van der Waals surface area contributed by atoms with Crippen LogP contribution in [0.1, 0.15) is 36.7 Å². The van der Waals surface area contributed by atoms with Crippen molar-refractivity contribution in [1.82, 2.24) is 9.88 Å². The molecule has 1 aliphatic carbocycles. The SMILES string of the molecule is CCCN(CC1CC1)C(=O)c1cc2cc(N)ccc2[nH]1. The van der Waals surface area contributed by atoms with Gasteiger partial charge in [-0.1, -0.05) is 6.92 Å². The van der Waals surface area contributed by atoms with Gasteiger partial charge in [0, 0.05) is 29.7 Å². The maximum absolute atomic E-state index is 12.6. The number of nitrogens with two attached hydrogens (primary N) is 1. The van der Waals surface area contributed by atoms with Crippen LogP contribution in [-0.2, 0) is 0 Å². The molecule has 0 bridgehead atoms. The summed E-state index contributed by atoms with van der Waals surface area (Å²) in [5.74, 6) is 0.819. The van der Waals surface area contributed by atoms with E-state index in [0.29, 0.717) is 11.6 Å². The van der Waals surface area contributed by atoms with Crippen molar-refractivity contribution in [2.75, 3.05) is 18.8 Å². The maximum atomic E-state index is 12.6. The van der Waals surface area contributed by atoms with E-state index in [-0.39, 0.29) is 5.91 Å². The number of amides is 1. The summed E-state index contributed by atoms with van der Waals surface area (Å²) in [6.07, 6.45) is 3.51. The van der Waals surface area contributed by atoms with Gasteiger partial charge in [0.15, 0.2) is 0 Å². The number of aromatic nitrogens is 1. The van der Waals surface area contributed by atoms with E-state index >= 15 is 0 Å². The molecule has 0 spiro atoms. The van der Waals surface area contributed by atoms with Gasteiger partial charge in [0.1, 0.15) is 5.69 Å². The van der Waals surface area contributed by atoms with Crippen molar-refractivity contribution in [3.8, 4) is 0 Å². The average molecular weight is 271 g/mol. The Balaban J connectivity index is 1.85. The van der Waals surface area contributed by atoms with Crippen molar-refractivity contribution in [3.63, 3.8) is 0 Å². The number of nitrogens with zero attached hydrogens (tertiary/aromatic N) is 1. The molecule has 0 unspecified atom stereocenters. The number of H-pyrrole nitrogens is 1. The monoisotopic (exact) mass is 271 g/mol. The molecule has 0 saturated heterocycles. The minimum atomic E-state index is 0.105. The lowest BCUT2D eigenvalue weighted by molar-refractivity contribution is 0.0743. The molecule has 0 atom stereocenters. The van der Waals surface area contributed by atoms with Crippen molar-refractivity contribution < 1.29 is 4.79 Å². The number of rotatable bonds is 5. The summed E-state index contributed by atoms with van der Waals surface area (Å²) in [6, 6.07) is 7.57. The molecule has 1 aromatic carbocycles. The molecule has 0 aliphatic heterocycles. The first-order chi connectivity index (χ1) is 9.67. The quantitative estimate of drug-likeness (QED) is 0.821. The number of fused-ring (bicyclic) bond motifs is 1. The molecular formula is C16H21N3O. The molecule has 1 heterocycles. The van der Waals surface area contributed by atoms with E-state index in [1.54, 1.807) is 0 Å². The van der Waals surface area contributed by atoms with Crippen molar-refractivity contribution >= 4 is 22.5 Å². The van der Waals surface area contributed by atoms with E-state index in [1.807, 2.05) is 29.2 Å². The van der Waals surface area contributed by atoms with Crippen LogP contribution in [-0.4, -0.2) is 28.9 Å². The predicted octanol–water partition coefficient (Wildman–Crippen LogP) is 3.01. The number of hydrogen-bond acceptors (Lipinski definition) is 2. The highest BCUT2D eigenvalue weighted by molar-refractivity contribution is 5.98. The maximum Gasteiger partial charge on any atom is 0.270 e. The van der Waals surface area contributed by atoms with E-state index in [0.717, 1.165) is 36.1 Å². The lowest BCUT2D eigenvalue weighted by Crippen LogP contribution is -2.33. The molecule has 1 fully saturated rings. The number of nitrogen functional groups attached to an aromatic ring is 1. The fourth-order valence-electron chi connectivity index (χ4n) is 2.59. The molecule has 1 aromatic heterocycles. The second-order valence-corrected chi connectivity index (χ2v) is 5.72. The fourth-order valence-corrected chi connectivity index (χ4v) is 2.59. The lowest BCUT2D eigenvalue weighted by Gasteiger charge is -2.21. The Kier molecular flexibility index (Phi) is 3.38. The molecule has 1 amide bonds. The number of carbonyl (C=O) groups excluding carboxylic acids is 1. The van der Waals surface area contributed by atoms with Gasteiger partial charge in [-0.2, -0.15) is 0 Å². The van der Waals surface area contributed by atoms with E-state index in [1.165, 1.54) is 12.8 Å². The zero-order chi connectivity index (χ0) is 14.1. The van der Waals surface area contributed by atoms with Crippen LogP contribution >= 0.6 is 0 Å². The summed E-state index contributed by atoms with van der Waals surface area (Å²) in [5.41, 5.74) is 8.13. The summed E-state index contributed by atoms with van der Waals surface area (Å²) in [5, 5.41) is 0.997. The third-order valence-electron chi connectivity index (χ3n) is 3.83. The normalized spacial score (nSPS) is 14.7. The van der Waals surface area contributed by atoms with Gasteiger partial charge >= 0.3 is 0 Å². The first-order valence-corrected chi connectivity index (χ1v) is 7.35. The molecule has 106 valence electrons. The molecule has 1 aliphatic rings. The summed E-state index contributed by atoms with van der Waals surface area (Å²) in [4.78, 5) is 17.8. The molecule has 1 saturated carbocycles. The van der Waals surface area contributed by atoms with Crippen LogP contribution in [0.2, 0.25) is 0 Å². The van der Waals surface area contributed by atoms with Crippen LogP contribution in [0, 0.1) is 5.92 Å². The minimum Gasteiger partial charge on any atom is -0.399 e. The van der Waals surface area contributed by atoms with Crippen LogP contribution in [0.5, 0.6) is 0 Å². The Hall–Kier alpha value is -1.97. The smallest absolute Gasteiger partial charge is 0.270 e. The molecule has 3 N–H and O–H groups in total. The second kappa shape index (κ2) is 5.19. The molecule has 2 aromatic rings. The van der Waals surface area contributed by atoms with Crippen molar-refractivity contribution in [2.45, 2.75) is 26.2 Å². The fraction of sp³-hybridized carbons (Fsp3) is 0.438. The van der Waals surface area contributed by atoms with Gasteiger partial charge in [0.2, 0.25) is 0 Å². The largest absolute Gasteiger partial charge is 0.399 e. The Labute approximate surface area is 118 Å². The first-order valence-electron chi connectivity index (χ1n) is 7.35. The summed E-state index contributed by atoms with van der Waals surface area (Å²) in [6.45, 7) is 3.83. The van der Waals surface area contributed by atoms with Crippen LogP contribution in [0.4, 0.5) is 5.69 Å². The van der Waals surface area contributed by atoms with Gasteiger partial charge in [-0.15, -0.1) is 0 Å². The standard InChI is InChI=1S/C16H21N3O/c1-2-7-19(10-11-3-4-11)16(20)15-9-12-8-13(17)5-6-14(12)18-15/h5-6,8-9,11,18H,2-4,7,10,17H2,1H3. The third-order valence-corrected chi connectivity index (χ3v) is 3.83. The highest BCUT2D eigenvalue weighted by Gasteiger charge is 2.27. The number of aromatic amines is 1. The Morgan fingerprint density at radius 3 is 2.90 bits per heavy atom. The van der Waals surface area contributed by atoms with E-state index in [2.05, 4.69) is 11.9 Å². The number of benzene rings is 1. The molecular weight excluding hydrogens is 250 g/mol. The molecule has 0 radical (unpaired) electrons. The number of anilines is 1. The van der Waals surface area contributed by atoms with Crippen molar-refractivity contribution in [3.05, 3.63) is 30.0 Å². The van der Waals surface area contributed by atoms with Gasteiger partial charge in [0.05, 0.1) is 0 Å². The molecule has 4 nitrogen and oxygen atoms in total. The van der Waals surface area contributed by atoms with Crippen LogP contribution in [0.15, 0.2) is 24.3 Å². The van der Waals surface area contributed by atoms with Crippen LogP contribution in [0.25, 0.3) is 10.9 Å². The van der Waals surface area contributed by atoms with Gasteiger partial charge in [-0.3, -0.25) is 4.79 Å². The predicted molar refractivity (Wildman–Crippen MR) is 81.6 cm³/mol. The minimum absolute atomic E-state index is 0.105. The van der Waals surface area contributed by atoms with Crippen LogP contribution in [0.3, 0.4) is 0 Å². The van der Waals surface area contributed by atoms with E-state index in [4.69, 9.17) is 5.73 Å². The summed E-state index contributed by atoms with van der Waals surface area (Å²) >= 11 is 0.